The van der Waals surface area contributed by atoms with Crippen molar-refractivity contribution in [2.45, 2.75) is 11.7 Å². The molecule has 21 heavy (non-hydrogen) atoms. The van der Waals surface area contributed by atoms with Crippen LogP contribution in [0.3, 0.4) is 0 Å². The molecule has 0 bridgehead atoms. The van der Waals surface area contributed by atoms with Crippen LogP contribution in [0.5, 0.6) is 0 Å². The lowest BCUT2D eigenvalue weighted by atomic mass is 10.3. The van der Waals surface area contributed by atoms with Crippen molar-refractivity contribution in [1.29, 1.82) is 0 Å². The number of allylic oxidation sites excluding steroid dienone is 1. The van der Waals surface area contributed by atoms with E-state index in [0.717, 1.165) is 0 Å². The Morgan fingerprint density at radius 1 is 1.52 bits per heavy atom. The Morgan fingerprint density at radius 3 is 3.05 bits per heavy atom. The molecule has 0 unspecified atom stereocenters. The fourth-order valence-corrected chi connectivity index (χ4v) is 2.36. The van der Waals surface area contributed by atoms with Crippen molar-refractivity contribution in [2.24, 2.45) is 0 Å². The SMILES string of the molecule is C=CCn1c(N)nnc1SCC(=O)Nc1cccc(F)c1. The lowest BCUT2D eigenvalue weighted by Crippen LogP contribution is -2.14. The van der Waals surface area contributed by atoms with Crippen LogP contribution in [0.2, 0.25) is 0 Å². The molecule has 2 rings (SSSR count). The van der Waals surface area contributed by atoms with Crippen LogP contribution >= 0.6 is 11.8 Å². The molecule has 0 saturated heterocycles. The van der Waals surface area contributed by atoms with Crippen LogP contribution in [0, 0.1) is 5.82 Å². The summed E-state index contributed by atoms with van der Waals surface area (Å²) in [5.74, 6) is -0.287. The summed E-state index contributed by atoms with van der Waals surface area (Å²) in [5, 5.41) is 10.8. The molecule has 0 saturated carbocycles. The summed E-state index contributed by atoms with van der Waals surface area (Å²) in [6, 6.07) is 5.70. The molecule has 0 spiro atoms. The third-order valence-corrected chi connectivity index (χ3v) is 3.46. The second-order valence-electron chi connectivity index (χ2n) is 4.09. The molecule has 0 fully saturated rings. The average molecular weight is 307 g/mol. The Morgan fingerprint density at radius 2 is 2.33 bits per heavy atom. The van der Waals surface area contributed by atoms with E-state index in [4.69, 9.17) is 5.73 Å². The molecule has 0 radical (unpaired) electrons. The van der Waals surface area contributed by atoms with Gasteiger partial charge in [-0.15, -0.1) is 16.8 Å². The molecule has 2 aromatic rings. The smallest absolute Gasteiger partial charge is 0.234 e. The van der Waals surface area contributed by atoms with Gasteiger partial charge in [-0.1, -0.05) is 23.9 Å². The van der Waals surface area contributed by atoms with Gasteiger partial charge < -0.3 is 11.1 Å². The van der Waals surface area contributed by atoms with Gasteiger partial charge in [-0.25, -0.2) is 4.39 Å². The Kier molecular flexibility index (Phi) is 4.94. The van der Waals surface area contributed by atoms with Crippen molar-refractivity contribution >= 4 is 29.3 Å². The lowest BCUT2D eigenvalue weighted by molar-refractivity contribution is -0.113. The number of rotatable bonds is 6. The summed E-state index contributed by atoms with van der Waals surface area (Å²) in [4.78, 5) is 11.8. The van der Waals surface area contributed by atoms with E-state index in [9.17, 15) is 9.18 Å². The third-order valence-electron chi connectivity index (χ3n) is 2.50. The second kappa shape index (κ2) is 6.89. The molecular formula is C13H14FN5OS. The number of nitrogen functional groups attached to an aromatic ring is 1. The van der Waals surface area contributed by atoms with Crippen LogP contribution in [-0.4, -0.2) is 26.4 Å². The maximum Gasteiger partial charge on any atom is 0.234 e. The number of amides is 1. The fourth-order valence-electron chi connectivity index (χ4n) is 1.60. The predicted octanol–water partition coefficient (Wildman–Crippen LogP) is 1.92. The minimum Gasteiger partial charge on any atom is -0.368 e. The van der Waals surface area contributed by atoms with Gasteiger partial charge in [-0.3, -0.25) is 9.36 Å². The molecule has 3 N–H and O–H groups in total. The molecule has 1 amide bonds. The Labute approximate surface area is 125 Å². The first-order valence-corrected chi connectivity index (χ1v) is 7.06. The third kappa shape index (κ3) is 4.06. The molecular weight excluding hydrogens is 293 g/mol. The highest BCUT2D eigenvalue weighted by Crippen LogP contribution is 2.18. The van der Waals surface area contributed by atoms with E-state index in [1.54, 1.807) is 16.7 Å². The van der Waals surface area contributed by atoms with E-state index in [1.165, 1.54) is 30.0 Å². The highest BCUT2D eigenvalue weighted by atomic mass is 32.2. The highest BCUT2D eigenvalue weighted by molar-refractivity contribution is 7.99. The standard InChI is InChI=1S/C13H14FN5OS/c1-2-6-19-12(15)17-18-13(19)21-8-11(20)16-10-5-3-4-9(14)7-10/h2-5,7H,1,6,8H2,(H2,15,17)(H,16,20). The molecule has 110 valence electrons. The predicted molar refractivity (Wildman–Crippen MR) is 80.4 cm³/mol. The summed E-state index contributed by atoms with van der Waals surface area (Å²) in [6.07, 6.45) is 1.66. The van der Waals surface area contributed by atoms with Gasteiger partial charge >= 0.3 is 0 Å². The summed E-state index contributed by atoms with van der Waals surface area (Å²) in [5.41, 5.74) is 6.07. The monoisotopic (exact) mass is 307 g/mol. The van der Waals surface area contributed by atoms with Crippen molar-refractivity contribution in [3.05, 3.63) is 42.7 Å². The number of carbonyl (C=O) groups is 1. The van der Waals surface area contributed by atoms with Gasteiger partial charge in [0.05, 0.1) is 5.75 Å². The Hall–Kier alpha value is -2.35. The average Bonchev–Trinajstić information content (AvgIpc) is 2.78. The number of anilines is 2. The number of hydrogen-bond acceptors (Lipinski definition) is 5. The first-order chi connectivity index (χ1) is 10.1. The van der Waals surface area contributed by atoms with E-state index in [2.05, 4.69) is 22.1 Å². The molecule has 1 aromatic carbocycles. The van der Waals surface area contributed by atoms with E-state index in [1.807, 2.05) is 0 Å². The summed E-state index contributed by atoms with van der Waals surface area (Å²) >= 11 is 1.20. The summed E-state index contributed by atoms with van der Waals surface area (Å²) < 4.78 is 14.7. The lowest BCUT2D eigenvalue weighted by Gasteiger charge is -2.06. The Balaban J connectivity index is 1.94. The molecule has 0 atom stereocenters. The fraction of sp³-hybridized carbons (Fsp3) is 0.154. The molecule has 1 heterocycles. The maximum atomic E-state index is 13.0. The quantitative estimate of drug-likeness (QED) is 0.629. The topological polar surface area (TPSA) is 85.8 Å². The van der Waals surface area contributed by atoms with E-state index in [0.29, 0.717) is 17.4 Å². The van der Waals surface area contributed by atoms with Gasteiger partial charge in [0.1, 0.15) is 5.82 Å². The number of aromatic nitrogens is 3. The first kappa shape index (κ1) is 15.0. The van der Waals surface area contributed by atoms with Crippen molar-refractivity contribution in [3.8, 4) is 0 Å². The molecule has 6 nitrogen and oxygen atoms in total. The van der Waals surface area contributed by atoms with Gasteiger partial charge in [0.25, 0.3) is 0 Å². The minimum absolute atomic E-state index is 0.117. The number of nitrogens with one attached hydrogen (secondary N) is 1. The molecule has 0 aliphatic heterocycles. The van der Waals surface area contributed by atoms with Gasteiger partial charge in [-0.05, 0) is 18.2 Å². The van der Waals surface area contributed by atoms with Crippen LogP contribution in [0.1, 0.15) is 0 Å². The number of nitrogens with two attached hydrogens (primary N) is 1. The number of hydrogen-bond donors (Lipinski definition) is 2. The van der Waals surface area contributed by atoms with Crippen LogP contribution in [0.15, 0.2) is 42.1 Å². The van der Waals surface area contributed by atoms with Gasteiger partial charge in [-0.2, -0.15) is 0 Å². The normalized spacial score (nSPS) is 10.3. The van der Waals surface area contributed by atoms with Crippen molar-refractivity contribution in [1.82, 2.24) is 14.8 Å². The molecule has 8 heteroatoms. The van der Waals surface area contributed by atoms with Gasteiger partial charge in [0.2, 0.25) is 11.9 Å². The zero-order valence-corrected chi connectivity index (χ0v) is 11.9. The largest absolute Gasteiger partial charge is 0.368 e. The van der Waals surface area contributed by atoms with Crippen molar-refractivity contribution in [3.63, 3.8) is 0 Å². The van der Waals surface area contributed by atoms with Crippen LogP contribution < -0.4 is 11.1 Å². The van der Waals surface area contributed by atoms with Crippen molar-refractivity contribution < 1.29 is 9.18 Å². The van der Waals surface area contributed by atoms with Crippen LogP contribution in [0.4, 0.5) is 16.0 Å². The number of thioether (sulfide) groups is 1. The van der Waals surface area contributed by atoms with Crippen LogP contribution in [0.25, 0.3) is 0 Å². The number of nitrogens with zero attached hydrogens (tertiary/aromatic N) is 3. The van der Waals surface area contributed by atoms with E-state index in [-0.39, 0.29) is 17.6 Å². The van der Waals surface area contributed by atoms with E-state index >= 15 is 0 Å². The summed E-state index contributed by atoms with van der Waals surface area (Å²) in [6.45, 7) is 4.09. The highest BCUT2D eigenvalue weighted by Gasteiger charge is 2.11. The van der Waals surface area contributed by atoms with E-state index < -0.39 is 5.82 Å². The first-order valence-electron chi connectivity index (χ1n) is 6.08. The molecule has 1 aromatic heterocycles. The zero-order valence-electron chi connectivity index (χ0n) is 11.1. The molecule has 0 aliphatic carbocycles. The number of benzene rings is 1. The second-order valence-corrected chi connectivity index (χ2v) is 5.03. The zero-order chi connectivity index (χ0) is 15.2. The van der Waals surface area contributed by atoms with Crippen molar-refractivity contribution in [2.75, 3.05) is 16.8 Å². The van der Waals surface area contributed by atoms with Gasteiger partial charge in [0.15, 0.2) is 5.16 Å². The molecule has 0 aliphatic rings. The number of carbonyl (C=O) groups excluding carboxylic acids is 1. The number of halogens is 1. The summed E-state index contributed by atoms with van der Waals surface area (Å²) in [7, 11) is 0. The minimum atomic E-state index is -0.404. The van der Waals surface area contributed by atoms with Crippen LogP contribution in [-0.2, 0) is 11.3 Å². The Bertz CT molecular complexity index is 658. The van der Waals surface area contributed by atoms with Gasteiger partial charge in [0, 0.05) is 12.2 Å². The maximum absolute atomic E-state index is 13.0.